The Hall–Kier alpha value is -0.900. The number of likely N-dealkylation sites (N-methyl/N-ethyl adjacent to an activating group) is 1. The lowest BCUT2D eigenvalue weighted by molar-refractivity contribution is -0.145. The number of carbonyl (C=O) groups is 2. The van der Waals surface area contributed by atoms with Gasteiger partial charge in [0.15, 0.2) is 5.78 Å². The lowest BCUT2D eigenvalue weighted by Gasteiger charge is -2.40. The van der Waals surface area contributed by atoms with E-state index in [1.807, 2.05) is 6.92 Å². The molecule has 0 spiro atoms. The minimum atomic E-state index is -0.302. The number of carbonyl (C=O) groups excluding carboxylic acids is 2. The topological polar surface area (TPSA) is 49.4 Å². The van der Waals surface area contributed by atoms with Gasteiger partial charge in [-0.2, -0.15) is 0 Å². The molecule has 0 aromatic heterocycles. The van der Waals surface area contributed by atoms with Gasteiger partial charge in [0.1, 0.15) is 0 Å². The van der Waals surface area contributed by atoms with E-state index in [1.165, 1.54) is 6.92 Å². The summed E-state index contributed by atoms with van der Waals surface area (Å²) < 4.78 is 0. The van der Waals surface area contributed by atoms with Gasteiger partial charge in [0.25, 0.3) is 0 Å². The summed E-state index contributed by atoms with van der Waals surface area (Å²) in [4.78, 5) is 25.1. The third-order valence-electron chi connectivity index (χ3n) is 3.25. The Morgan fingerprint density at radius 3 is 2.60 bits per heavy atom. The lowest BCUT2D eigenvalue weighted by atomic mass is 9.96. The summed E-state index contributed by atoms with van der Waals surface area (Å²) >= 11 is 0. The molecule has 0 aliphatic carbocycles. The van der Waals surface area contributed by atoms with Crippen LogP contribution in [0.25, 0.3) is 0 Å². The number of likely N-dealkylation sites (tertiary alicyclic amines) is 1. The molecule has 0 radical (unpaired) electrons. The van der Waals surface area contributed by atoms with Gasteiger partial charge in [0.2, 0.25) is 5.91 Å². The van der Waals surface area contributed by atoms with E-state index in [4.69, 9.17) is 0 Å². The van der Waals surface area contributed by atoms with Crippen molar-refractivity contribution in [2.75, 3.05) is 7.05 Å². The molecule has 4 nitrogen and oxygen atoms in total. The van der Waals surface area contributed by atoms with Gasteiger partial charge in [-0.3, -0.25) is 9.59 Å². The quantitative estimate of drug-likeness (QED) is 0.743. The third-order valence-corrected chi connectivity index (χ3v) is 3.25. The molecule has 1 aliphatic rings. The number of nitrogens with one attached hydrogen (secondary N) is 1. The summed E-state index contributed by atoms with van der Waals surface area (Å²) in [7, 11) is 1.79. The summed E-state index contributed by atoms with van der Waals surface area (Å²) in [5.74, 6) is 0.103. The van der Waals surface area contributed by atoms with Crippen LogP contribution in [0.2, 0.25) is 0 Å². The fraction of sp³-hybridized carbons (Fsp3) is 0.818. The molecule has 1 N–H and O–H groups in total. The standard InChI is InChI=1S/C11H20N2O2/c1-7-5-6-10(12-4)11(15)13(7)8(2)9(3)14/h7-8,10,12H,5-6H2,1-4H3. The summed E-state index contributed by atoms with van der Waals surface area (Å²) in [5, 5.41) is 3.00. The van der Waals surface area contributed by atoms with Crippen LogP contribution in [0, 0.1) is 0 Å². The predicted molar refractivity (Wildman–Crippen MR) is 58.5 cm³/mol. The van der Waals surface area contributed by atoms with E-state index >= 15 is 0 Å². The van der Waals surface area contributed by atoms with E-state index < -0.39 is 0 Å². The average Bonchev–Trinajstić information content (AvgIpc) is 2.17. The number of rotatable bonds is 3. The fourth-order valence-corrected chi connectivity index (χ4v) is 2.10. The molecule has 0 bridgehead atoms. The normalized spacial score (nSPS) is 29.1. The van der Waals surface area contributed by atoms with E-state index in [0.717, 1.165) is 12.8 Å². The Labute approximate surface area is 91.0 Å². The Morgan fingerprint density at radius 1 is 1.53 bits per heavy atom. The van der Waals surface area contributed by atoms with E-state index in [9.17, 15) is 9.59 Å². The maximum Gasteiger partial charge on any atom is 0.240 e. The van der Waals surface area contributed by atoms with Crippen LogP contribution in [-0.4, -0.2) is 41.8 Å². The van der Waals surface area contributed by atoms with E-state index in [1.54, 1.807) is 18.9 Å². The first-order valence-electron chi connectivity index (χ1n) is 5.49. The zero-order valence-corrected chi connectivity index (χ0v) is 9.91. The van der Waals surface area contributed by atoms with Crippen molar-refractivity contribution in [1.82, 2.24) is 10.2 Å². The fourth-order valence-electron chi connectivity index (χ4n) is 2.10. The largest absolute Gasteiger partial charge is 0.329 e. The van der Waals surface area contributed by atoms with E-state index in [2.05, 4.69) is 5.32 Å². The van der Waals surface area contributed by atoms with Crippen LogP contribution in [0.3, 0.4) is 0 Å². The van der Waals surface area contributed by atoms with Crippen LogP contribution in [-0.2, 0) is 9.59 Å². The van der Waals surface area contributed by atoms with Crippen molar-refractivity contribution in [2.24, 2.45) is 0 Å². The molecule has 1 heterocycles. The molecule has 15 heavy (non-hydrogen) atoms. The molecule has 1 fully saturated rings. The molecule has 1 saturated heterocycles. The van der Waals surface area contributed by atoms with Gasteiger partial charge in [-0.05, 0) is 40.7 Å². The Morgan fingerprint density at radius 2 is 2.13 bits per heavy atom. The van der Waals surface area contributed by atoms with Crippen LogP contribution in [0.1, 0.15) is 33.6 Å². The molecule has 86 valence electrons. The molecular formula is C11H20N2O2. The van der Waals surface area contributed by atoms with Crippen LogP contribution in [0.4, 0.5) is 0 Å². The highest BCUT2D eigenvalue weighted by atomic mass is 16.2. The van der Waals surface area contributed by atoms with Gasteiger partial charge in [0, 0.05) is 6.04 Å². The number of hydrogen-bond donors (Lipinski definition) is 1. The number of Topliss-reactive ketones (excluding diaryl/α,β-unsaturated/α-hetero) is 1. The molecule has 0 saturated carbocycles. The van der Waals surface area contributed by atoms with Crippen LogP contribution >= 0.6 is 0 Å². The minimum Gasteiger partial charge on any atom is -0.329 e. The number of amides is 1. The first kappa shape index (κ1) is 12.2. The smallest absolute Gasteiger partial charge is 0.240 e. The van der Waals surface area contributed by atoms with Gasteiger partial charge < -0.3 is 10.2 Å². The first-order valence-corrected chi connectivity index (χ1v) is 5.49. The molecule has 3 unspecified atom stereocenters. The number of ketones is 1. The Bertz CT molecular complexity index is 265. The van der Waals surface area contributed by atoms with Crippen molar-refractivity contribution < 1.29 is 9.59 Å². The molecule has 1 amide bonds. The third kappa shape index (κ3) is 2.37. The maximum atomic E-state index is 12.0. The molecule has 1 aliphatic heterocycles. The second-order valence-corrected chi connectivity index (χ2v) is 4.30. The van der Waals surface area contributed by atoms with Crippen LogP contribution in [0.15, 0.2) is 0 Å². The van der Waals surface area contributed by atoms with Crippen molar-refractivity contribution in [2.45, 2.75) is 51.7 Å². The lowest BCUT2D eigenvalue weighted by Crippen LogP contribution is -2.57. The molecular weight excluding hydrogens is 192 g/mol. The predicted octanol–water partition coefficient (Wildman–Crippen LogP) is 0.563. The van der Waals surface area contributed by atoms with Gasteiger partial charge >= 0.3 is 0 Å². The van der Waals surface area contributed by atoms with Gasteiger partial charge in [-0.25, -0.2) is 0 Å². The first-order chi connectivity index (χ1) is 6.99. The van der Waals surface area contributed by atoms with E-state index in [-0.39, 0.29) is 29.8 Å². The number of nitrogens with zero attached hydrogens (tertiary/aromatic N) is 1. The van der Waals surface area contributed by atoms with E-state index in [0.29, 0.717) is 0 Å². The number of hydrogen-bond acceptors (Lipinski definition) is 3. The van der Waals surface area contributed by atoms with Gasteiger partial charge in [0.05, 0.1) is 12.1 Å². The Balaban J connectivity index is 2.83. The second kappa shape index (κ2) is 4.75. The van der Waals surface area contributed by atoms with Crippen molar-refractivity contribution in [1.29, 1.82) is 0 Å². The SMILES string of the molecule is CNC1CCC(C)N(C(C)C(C)=O)C1=O. The molecule has 1 rings (SSSR count). The van der Waals surface area contributed by atoms with Crippen LogP contribution < -0.4 is 5.32 Å². The second-order valence-electron chi connectivity index (χ2n) is 4.30. The number of piperidine rings is 1. The summed E-state index contributed by atoms with van der Waals surface area (Å²) in [6, 6.07) is -0.257. The summed E-state index contributed by atoms with van der Waals surface area (Å²) in [5.41, 5.74) is 0. The molecule has 0 aromatic rings. The van der Waals surface area contributed by atoms with Crippen molar-refractivity contribution in [3.05, 3.63) is 0 Å². The minimum absolute atomic E-state index is 0.0481. The zero-order valence-electron chi connectivity index (χ0n) is 9.91. The van der Waals surface area contributed by atoms with Crippen LogP contribution in [0.5, 0.6) is 0 Å². The zero-order chi connectivity index (χ0) is 11.6. The van der Waals surface area contributed by atoms with Crippen molar-refractivity contribution >= 4 is 11.7 Å². The highest BCUT2D eigenvalue weighted by Gasteiger charge is 2.36. The highest BCUT2D eigenvalue weighted by Crippen LogP contribution is 2.21. The van der Waals surface area contributed by atoms with Crippen molar-refractivity contribution in [3.8, 4) is 0 Å². The highest BCUT2D eigenvalue weighted by molar-refractivity contribution is 5.90. The summed E-state index contributed by atoms with van der Waals surface area (Å²) in [6.07, 6.45) is 1.81. The average molecular weight is 212 g/mol. The monoisotopic (exact) mass is 212 g/mol. The van der Waals surface area contributed by atoms with Gasteiger partial charge in [-0.1, -0.05) is 0 Å². The molecule has 0 aromatic carbocycles. The van der Waals surface area contributed by atoms with Crippen molar-refractivity contribution in [3.63, 3.8) is 0 Å². The maximum absolute atomic E-state index is 12.0. The molecule has 3 atom stereocenters. The Kier molecular flexibility index (Phi) is 3.85. The van der Waals surface area contributed by atoms with Gasteiger partial charge in [-0.15, -0.1) is 0 Å². The summed E-state index contributed by atoms with van der Waals surface area (Å²) in [6.45, 7) is 5.34. The molecule has 4 heteroatoms.